The van der Waals surface area contributed by atoms with Gasteiger partial charge in [-0.15, -0.1) is 5.16 Å². The van der Waals surface area contributed by atoms with Crippen molar-refractivity contribution in [3.05, 3.63) is 48.5 Å². The van der Waals surface area contributed by atoms with Gasteiger partial charge in [-0.1, -0.05) is 36.4 Å². The van der Waals surface area contributed by atoms with Gasteiger partial charge in [-0.25, -0.2) is 0 Å². The highest BCUT2D eigenvalue weighted by Crippen LogP contribution is 2.27. The van der Waals surface area contributed by atoms with Crippen LogP contribution in [0.3, 0.4) is 0 Å². The normalized spacial score (nSPS) is 10.7. The van der Waals surface area contributed by atoms with Gasteiger partial charge in [0.25, 0.3) is 0 Å². The molecule has 108 valence electrons. The molecule has 5 nitrogen and oxygen atoms in total. The zero-order valence-corrected chi connectivity index (χ0v) is 11.3. The van der Waals surface area contributed by atoms with Crippen LogP contribution in [0.25, 0.3) is 21.9 Å². The number of oxime groups is 1. The van der Waals surface area contributed by atoms with E-state index < -0.39 is 5.97 Å². The number of nitrogens with zero attached hydrogens (tertiary/aromatic N) is 1. The molecule has 0 radical (unpaired) electrons. The molecule has 0 saturated carbocycles. The molecule has 0 aliphatic carbocycles. The molecule has 1 aromatic heterocycles. The number of aliphatic carboxylic acids is 1. The Morgan fingerprint density at radius 2 is 1.57 bits per heavy atom. The van der Waals surface area contributed by atoms with E-state index in [9.17, 15) is 4.79 Å². The number of hydrogen-bond acceptors (Lipinski definition) is 4. The van der Waals surface area contributed by atoms with Gasteiger partial charge in [0.15, 0.2) is 0 Å². The maximum atomic E-state index is 9.73. The second-order valence-corrected chi connectivity index (χ2v) is 4.32. The molecule has 0 spiro atoms. The van der Waals surface area contributed by atoms with Gasteiger partial charge >= 0.3 is 5.97 Å². The number of hydrogen-bond donors (Lipinski definition) is 2. The van der Waals surface area contributed by atoms with E-state index >= 15 is 0 Å². The number of carboxylic acid groups (broad SMARTS) is 1. The van der Waals surface area contributed by atoms with Crippen LogP contribution in [-0.2, 0) is 4.79 Å². The van der Waals surface area contributed by atoms with Crippen LogP contribution >= 0.6 is 0 Å². The van der Waals surface area contributed by atoms with E-state index in [1.54, 1.807) is 0 Å². The quantitative estimate of drug-likeness (QED) is 0.434. The molecule has 0 bridgehead atoms. The van der Waals surface area contributed by atoms with Crippen LogP contribution in [0.1, 0.15) is 12.8 Å². The molecule has 3 rings (SSSR count). The van der Waals surface area contributed by atoms with Crippen LogP contribution in [0.15, 0.2) is 58.1 Å². The Morgan fingerprint density at radius 1 is 1.05 bits per heavy atom. The van der Waals surface area contributed by atoms with Crippen molar-refractivity contribution in [1.29, 1.82) is 0 Å². The van der Waals surface area contributed by atoms with Crippen molar-refractivity contribution in [1.82, 2.24) is 0 Å². The van der Waals surface area contributed by atoms with E-state index in [2.05, 4.69) is 17.3 Å². The molecule has 0 aliphatic heterocycles. The zero-order valence-electron chi connectivity index (χ0n) is 11.3. The highest BCUT2D eigenvalue weighted by atomic mass is 16.4. The van der Waals surface area contributed by atoms with Crippen LogP contribution in [0.5, 0.6) is 0 Å². The highest BCUT2D eigenvalue weighted by molar-refractivity contribution is 6.04. The fourth-order valence-electron chi connectivity index (χ4n) is 1.92. The van der Waals surface area contributed by atoms with E-state index in [0.717, 1.165) is 17.4 Å². The monoisotopic (exact) mass is 285 g/mol. The van der Waals surface area contributed by atoms with Gasteiger partial charge in [-0.05, 0) is 18.6 Å². The van der Waals surface area contributed by atoms with Crippen molar-refractivity contribution in [3.8, 4) is 0 Å². The second-order valence-electron chi connectivity index (χ2n) is 4.32. The Morgan fingerprint density at radius 3 is 2.05 bits per heavy atom. The van der Waals surface area contributed by atoms with Crippen molar-refractivity contribution >= 4 is 34.1 Å². The molecule has 5 heteroatoms. The van der Waals surface area contributed by atoms with Crippen LogP contribution in [0, 0.1) is 0 Å². The number of para-hydroxylation sites is 2. The molecule has 0 fully saturated rings. The van der Waals surface area contributed by atoms with Crippen molar-refractivity contribution in [2.45, 2.75) is 12.8 Å². The molecule has 1 heterocycles. The molecule has 2 aromatic carbocycles. The van der Waals surface area contributed by atoms with Crippen molar-refractivity contribution in [3.63, 3.8) is 0 Å². The summed E-state index contributed by atoms with van der Waals surface area (Å²) in [5.41, 5.74) is 1.92. The third kappa shape index (κ3) is 3.82. The van der Waals surface area contributed by atoms with Crippen LogP contribution in [0.4, 0.5) is 0 Å². The van der Waals surface area contributed by atoms with Gasteiger partial charge in [-0.2, -0.15) is 0 Å². The Labute approximate surface area is 121 Å². The average Bonchev–Trinajstić information content (AvgIpc) is 2.86. The topological polar surface area (TPSA) is 83.0 Å². The van der Waals surface area contributed by atoms with Crippen LogP contribution in [-0.4, -0.2) is 22.5 Å². The van der Waals surface area contributed by atoms with E-state index in [4.69, 9.17) is 14.7 Å². The lowest BCUT2D eigenvalue weighted by Gasteiger charge is -1.85. The smallest absolute Gasteiger partial charge is 0.303 e. The number of benzene rings is 2. The van der Waals surface area contributed by atoms with Crippen molar-refractivity contribution < 1.29 is 19.5 Å². The molecular formula is C16H15NO4. The Hall–Kier alpha value is -2.82. The molecule has 0 amide bonds. The molecule has 0 saturated heterocycles. The Bertz CT molecular complexity index is 711. The first kappa shape index (κ1) is 14.6. The Kier molecular flexibility index (Phi) is 4.93. The lowest BCUT2D eigenvalue weighted by atomic mass is 10.2. The first-order chi connectivity index (χ1) is 10.2. The summed E-state index contributed by atoms with van der Waals surface area (Å²) in [7, 11) is 0. The van der Waals surface area contributed by atoms with E-state index in [-0.39, 0.29) is 12.8 Å². The molecule has 0 unspecified atom stereocenters. The van der Waals surface area contributed by atoms with Crippen molar-refractivity contribution in [2.75, 3.05) is 0 Å². The summed E-state index contributed by atoms with van der Waals surface area (Å²) in [5, 5.41) is 20.8. The molecular weight excluding hydrogens is 270 g/mol. The maximum absolute atomic E-state index is 9.73. The number of furan rings is 1. The zero-order chi connectivity index (χ0) is 15.1. The fourth-order valence-corrected chi connectivity index (χ4v) is 1.92. The van der Waals surface area contributed by atoms with Crippen LogP contribution < -0.4 is 0 Å². The molecule has 2 N–H and O–H groups in total. The summed E-state index contributed by atoms with van der Waals surface area (Å²) in [5.74, 6) is -0.884. The van der Waals surface area contributed by atoms with Gasteiger partial charge in [0.1, 0.15) is 11.2 Å². The standard InChI is InChI=1S/C12H8O.C4H7NO3/c1-3-7-11-9(5-1)10-6-2-4-8-12(10)13-11;6-4(7)2-1-3-5-8/h1-8H;3,8H,1-2H2,(H,6,7)/b;5-3+. The summed E-state index contributed by atoms with van der Waals surface area (Å²) in [6.45, 7) is 0. The highest BCUT2D eigenvalue weighted by Gasteiger charge is 2.03. The lowest BCUT2D eigenvalue weighted by Crippen LogP contribution is -1.93. The minimum atomic E-state index is -0.884. The average molecular weight is 285 g/mol. The summed E-state index contributed by atoms with van der Waals surface area (Å²) in [4.78, 5) is 9.73. The lowest BCUT2D eigenvalue weighted by molar-refractivity contribution is -0.136. The molecule has 3 aromatic rings. The summed E-state index contributed by atoms with van der Waals surface area (Å²) in [6.07, 6.45) is 1.45. The summed E-state index contributed by atoms with van der Waals surface area (Å²) < 4.78 is 5.65. The van der Waals surface area contributed by atoms with E-state index in [1.165, 1.54) is 10.8 Å². The van der Waals surface area contributed by atoms with Gasteiger partial charge in [0.05, 0.1) is 6.42 Å². The third-order valence-electron chi connectivity index (χ3n) is 2.85. The minimum absolute atomic E-state index is 0.0179. The number of carboxylic acids is 1. The molecule has 0 aliphatic rings. The summed E-state index contributed by atoms with van der Waals surface area (Å²) >= 11 is 0. The SMILES string of the molecule is O=C(O)CC/C=N/O.c1ccc2c(c1)oc1ccccc12. The fraction of sp³-hybridized carbons (Fsp3) is 0.125. The molecule has 0 atom stereocenters. The minimum Gasteiger partial charge on any atom is -0.481 e. The van der Waals surface area contributed by atoms with Crippen LogP contribution in [0.2, 0.25) is 0 Å². The Balaban J connectivity index is 0.000000177. The van der Waals surface area contributed by atoms with Crippen molar-refractivity contribution in [2.24, 2.45) is 5.16 Å². The van der Waals surface area contributed by atoms with E-state index in [0.29, 0.717) is 0 Å². The maximum Gasteiger partial charge on any atom is 0.303 e. The van der Waals surface area contributed by atoms with E-state index in [1.807, 2.05) is 36.4 Å². The number of fused-ring (bicyclic) bond motifs is 3. The number of rotatable bonds is 3. The first-order valence-corrected chi connectivity index (χ1v) is 6.46. The van der Waals surface area contributed by atoms with Gasteiger partial charge in [0, 0.05) is 17.0 Å². The predicted octanol–water partition coefficient (Wildman–Crippen LogP) is 3.90. The number of carbonyl (C=O) groups is 1. The predicted molar refractivity (Wildman–Crippen MR) is 80.9 cm³/mol. The second kappa shape index (κ2) is 7.09. The van der Waals surface area contributed by atoms with Gasteiger partial charge < -0.3 is 14.7 Å². The first-order valence-electron chi connectivity index (χ1n) is 6.46. The molecule has 21 heavy (non-hydrogen) atoms. The van der Waals surface area contributed by atoms with Gasteiger partial charge in [0.2, 0.25) is 0 Å². The third-order valence-corrected chi connectivity index (χ3v) is 2.85. The van der Waals surface area contributed by atoms with Gasteiger partial charge in [-0.3, -0.25) is 4.79 Å². The largest absolute Gasteiger partial charge is 0.481 e. The summed E-state index contributed by atoms with van der Waals surface area (Å²) in [6, 6.07) is 16.2.